The number of halogens is 2. The fourth-order valence-electron chi connectivity index (χ4n) is 0.306. The first-order chi connectivity index (χ1) is 3.81. The van der Waals surface area contributed by atoms with E-state index in [0.29, 0.717) is 5.41 Å². The molecule has 0 radical (unpaired) electrons. The molecule has 0 heterocycles. The van der Waals surface area contributed by atoms with Gasteiger partial charge in [-0.05, 0) is 17.4 Å². The molecule has 0 aromatic carbocycles. The summed E-state index contributed by atoms with van der Waals surface area (Å²) in [6.45, 7) is 11.8. The van der Waals surface area contributed by atoms with Crippen LogP contribution in [0.25, 0.3) is 0 Å². The van der Waals surface area contributed by atoms with E-state index in [2.05, 4.69) is 34.6 Å². The maximum absolute atomic E-state index is 5.59. The molecule has 0 aliphatic rings. The maximum Gasteiger partial charge on any atom is -0.00208 e. The van der Waals surface area contributed by atoms with Crippen molar-refractivity contribution in [2.24, 2.45) is 16.6 Å². The molecule has 0 aromatic heterocycles. The second kappa shape index (κ2) is 6.96. The minimum absolute atomic E-state index is 0. The van der Waals surface area contributed by atoms with Crippen molar-refractivity contribution in [3.8, 4) is 0 Å². The summed E-state index contributed by atoms with van der Waals surface area (Å²) in [7, 11) is 0. The third-order valence-electron chi connectivity index (χ3n) is 2.54. The molecule has 0 saturated carbocycles. The highest BCUT2D eigenvalue weighted by atomic mass is 35.5. The summed E-state index contributed by atoms with van der Waals surface area (Å²) >= 11 is 0. The highest BCUT2D eigenvalue weighted by Gasteiger charge is 2.30. The predicted molar refractivity (Wildman–Crippen MR) is 61.8 cm³/mol. The van der Waals surface area contributed by atoms with Crippen molar-refractivity contribution in [3.05, 3.63) is 0 Å². The van der Waals surface area contributed by atoms with Crippen LogP contribution in [0.3, 0.4) is 0 Å². The average molecular weight is 219 g/mol. The van der Waals surface area contributed by atoms with E-state index in [-0.39, 0.29) is 36.4 Å². The molecule has 0 aliphatic carbocycles. The van der Waals surface area contributed by atoms with Gasteiger partial charge in [-0.25, -0.2) is 0 Å². The molecular formula is C8H24Cl2N2. The molecular weight excluding hydrogens is 195 g/mol. The Hall–Kier alpha value is 0.500. The normalized spacial score (nSPS) is 10.5. The zero-order valence-corrected chi connectivity index (χ0v) is 10.4. The smallest absolute Gasteiger partial charge is 0.00208 e. The van der Waals surface area contributed by atoms with Crippen molar-refractivity contribution < 1.29 is 0 Å². The highest BCUT2D eigenvalue weighted by molar-refractivity contribution is 5.85. The lowest BCUT2D eigenvalue weighted by molar-refractivity contribution is 0.142. The third kappa shape index (κ3) is 6.06. The van der Waals surface area contributed by atoms with E-state index in [1.807, 2.05) is 0 Å². The van der Waals surface area contributed by atoms with Crippen LogP contribution in [-0.2, 0) is 0 Å². The van der Waals surface area contributed by atoms with Crippen molar-refractivity contribution >= 4 is 24.8 Å². The summed E-state index contributed by atoms with van der Waals surface area (Å²) in [5.74, 6) is 0. The first-order valence-electron chi connectivity index (χ1n) is 3.51. The zero-order valence-electron chi connectivity index (χ0n) is 8.81. The zero-order chi connectivity index (χ0) is 7.71. The van der Waals surface area contributed by atoms with E-state index in [1.54, 1.807) is 0 Å². The molecule has 5 N–H and O–H groups in total. The fraction of sp³-hybridized carbons (Fsp3) is 1.00. The Morgan fingerprint density at radius 3 is 1.17 bits per heavy atom. The molecule has 0 spiro atoms. The topological polar surface area (TPSA) is 61.0 Å². The van der Waals surface area contributed by atoms with Gasteiger partial charge < -0.3 is 11.9 Å². The molecule has 4 heteroatoms. The summed E-state index contributed by atoms with van der Waals surface area (Å²) in [4.78, 5) is 0. The number of hydrogen-bond donors (Lipinski definition) is 2. The van der Waals surface area contributed by atoms with Crippen molar-refractivity contribution in [1.82, 2.24) is 6.15 Å². The Morgan fingerprint density at radius 2 is 1.17 bits per heavy atom. The monoisotopic (exact) mass is 218 g/mol. The van der Waals surface area contributed by atoms with E-state index in [9.17, 15) is 0 Å². The summed E-state index contributed by atoms with van der Waals surface area (Å²) in [6, 6.07) is 0. The van der Waals surface area contributed by atoms with Gasteiger partial charge in [0.1, 0.15) is 0 Å². The third-order valence-corrected chi connectivity index (χ3v) is 2.54. The molecule has 0 aromatic rings. The molecule has 0 rings (SSSR count). The van der Waals surface area contributed by atoms with Crippen molar-refractivity contribution in [1.29, 1.82) is 0 Å². The minimum atomic E-state index is 0. The van der Waals surface area contributed by atoms with Crippen LogP contribution in [-0.4, -0.2) is 6.54 Å². The minimum Gasteiger partial charge on any atom is -0.344 e. The van der Waals surface area contributed by atoms with Gasteiger partial charge in [0.2, 0.25) is 0 Å². The standard InChI is InChI=1S/C8H19N.2ClH.H3N/c1-7(2,3)8(4,5)6-9;;;/h6,9H2,1-5H3;2*1H;1H3. The molecule has 2 nitrogen and oxygen atoms in total. The SMILES string of the molecule is CC(C)(C)C(C)(C)CN.Cl.Cl.N. The van der Waals surface area contributed by atoms with Gasteiger partial charge in [-0.3, -0.25) is 0 Å². The molecule has 0 bridgehead atoms. The van der Waals surface area contributed by atoms with Gasteiger partial charge in [0, 0.05) is 0 Å². The molecule has 0 fully saturated rings. The fourth-order valence-corrected chi connectivity index (χ4v) is 0.306. The molecule has 0 saturated heterocycles. The summed E-state index contributed by atoms with van der Waals surface area (Å²) in [5, 5.41) is 0. The van der Waals surface area contributed by atoms with Crippen LogP contribution in [0.15, 0.2) is 0 Å². The first kappa shape index (κ1) is 22.9. The molecule has 12 heavy (non-hydrogen) atoms. The van der Waals surface area contributed by atoms with E-state index >= 15 is 0 Å². The quantitative estimate of drug-likeness (QED) is 0.712. The van der Waals surface area contributed by atoms with Crippen LogP contribution in [0.1, 0.15) is 34.6 Å². The van der Waals surface area contributed by atoms with Crippen molar-refractivity contribution in [2.75, 3.05) is 6.54 Å². The summed E-state index contributed by atoms with van der Waals surface area (Å²) in [6.07, 6.45) is 0. The van der Waals surface area contributed by atoms with E-state index in [1.165, 1.54) is 0 Å². The lowest BCUT2D eigenvalue weighted by Crippen LogP contribution is -2.36. The van der Waals surface area contributed by atoms with Crippen LogP contribution < -0.4 is 11.9 Å². The van der Waals surface area contributed by atoms with E-state index in [0.717, 1.165) is 6.54 Å². The lowest BCUT2D eigenvalue weighted by Gasteiger charge is -2.37. The van der Waals surface area contributed by atoms with Gasteiger partial charge in [0.25, 0.3) is 0 Å². The second-order valence-corrected chi connectivity index (χ2v) is 4.34. The Balaban J connectivity index is -0.000000107. The maximum atomic E-state index is 5.59. The number of nitrogens with two attached hydrogens (primary N) is 1. The van der Waals surface area contributed by atoms with E-state index < -0.39 is 0 Å². The molecule has 0 amide bonds. The number of rotatable bonds is 1. The Kier molecular flexibility index (Phi) is 13.3. The van der Waals surface area contributed by atoms with Crippen molar-refractivity contribution in [3.63, 3.8) is 0 Å². The number of hydrogen-bond acceptors (Lipinski definition) is 2. The Labute approximate surface area is 89.1 Å². The van der Waals surface area contributed by atoms with Crippen LogP contribution in [0.5, 0.6) is 0 Å². The molecule has 80 valence electrons. The largest absolute Gasteiger partial charge is 0.344 e. The predicted octanol–water partition coefficient (Wildman–Crippen LogP) is 3.02. The van der Waals surface area contributed by atoms with Crippen LogP contribution in [0, 0.1) is 10.8 Å². The van der Waals surface area contributed by atoms with Crippen molar-refractivity contribution in [2.45, 2.75) is 34.6 Å². The van der Waals surface area contributed by atoms with Crippen LogP contribution in [0.4, 0.5) is 0 Å². The van der Waals surface area contributed by atoms with Crippen LogP contribution in [0.2, 0.25) is 0 Å². The average Bonchev–Trinajstić information content (AvgIpc) is 1.64. The second-order valence-electron chi connectivity index (χ2n) is 4.34. The lowest BCUT2D eigenvalue weighted by atomic mass is 9.69. The van der Waals surface area contributed by atoms with Gasteiger partial charge in [0.05, 0.1) is 0 Å². The van der Waals surface area contributed by atoms with E-state index in [4.69, 9.17) is 5.73 Å². The first-order valence-corrected chi connectivity index (χ1v) is 3.51. The van der Waals surface area contributed by atoms with Crippen LogP contribution >= 0.6 is 24.8 Å². The van der Waals surface area contributed by atoms with Gasteiger partial charge >= 0.3 is 0 Å². The summed E-state index contributed by atoms with van der Waals surface area (Å²) < 4.78 is 0. The highest BCUT2D eigenvalue weighted by Crippen LogP contribution is 2.36. The molecule has 0 atom stereocenters. The molecule has 0 aliphatic heterocycles. The van der Waals surface area contributed by atoms with Gasteiger partial charge in [-0.15, -0.1) is 24.8 Å². The van der Waals surface area contributed by atoms with Gasteiger partial charge in [0.15, 0.2) is 0 Å². The van der Waals surface area contributed by atoms with Gasteiger partial charge in [-0.1, -0.05) is 34.6 Å². The Bertz CT molecular complexity index is 97.7. The Morgan fingerprint density at radius 1 is 0.917 bits per heavy atom. The molecule has 0 unspecified atom stereocenters. The van der Waals surface area contributed by atoms with Gasteiger partial charge in [-0.2, -0.15) is 0 Å². The summed E-state index contributed by atoms with van der Waals surface area (Å²) in [5.41, 5.74) is 6.17.